The first-order chi connectivity index (χ1) is 11.7. The number of nitrogens with zero attached hydrogens (tertiary/aromatic N) is 2. The van der Waals surface area contributed by atoms with Crippen molar-refractivity contribution in [1.82, 2.24) is 4.98 Å². The van der Waals surface area contributed by atoms with E-state index >= 15 is 0 Å². The van der Waals surface area contributed by atoms with Crippen molar-refractivity contribution in [2.24, 2.45) is 4.99 Å². The Morgan fingerprint density at radius 2 is 2.08 bits per heavy atom. The number of halogens is 1. The minimum Gasteiger partial charge on any atom is -0.354 e. The van der Waals surface area contributed by atoms with Gasteiger partial charge in [0.05, 0.1) is 17.5 Å². The van der Waals surface area contributed by atoms with Crippen LogP contribution in [0.5, 0.6) is 0 Å². The van der Waals surface area contributed by atoms with E-state index in [1.54, 1.807) is 11.3 Å². The van der Waals surface area contributed by atoms with Gasteiger partial charge in [0.1, 0.15) is 11.1 Å². The zero-order chi connectivity index (χ0) is 16.5. The third kappa shape index (κ3) is 2.92. The highest BCUT2D eigenvalue weighted by Crippen LogP contribution is 2.38. The predicted octanol–water partition coefficient (Wildman–Crippen LogP) is 5.88. The first-order valence-electron chi connectivity index (χ1n) is 8.11. The molecule has 3 nitrogen and oxygen atoms in total. The molecule has 0 spiro atoms. The highest BCUT2D eigenvalue weighted by molar-refractivity contribution is 9.10. The maximum absolute atomic E-state index is 9.57. The third-order valence-electron chi connectivity index (χ3n) is 4.44. The van der Waals surface area contributed by atoms with Gasteiger partial charge in [-0.3, -0.25) is 0 Å². The molecule has 5 heteroatoms. The summed E-state index contributed by atoms with van der Waals surface area (Å²) in [6.45, 7) is 0. The van der Waals surface area contributed by atoms with Gasteiger partial charge in [-0.05, 0) is 55.5 Å². The van der Waals surface area contributed by atoms with Gasteiger partial charge >= 0.3 is 0 Å². The molecule has 0 radical (unpaired) electrons. The number of hydrogen-bond acceptors (Lipinski definition) is 3. The fourth-order valence-corrected chi connectivity index (χ4v) is 4.82. The molecule has 2 aromatic heterocycles. The molecule has 4 rings (SSSR count). The second kappa shape index (κ2) is 6.54. The minimum absolute atomic E-state index is 0.784. The van der Waals surface area contributed by atoms with E-state index in [4.69, 9.17) is 0 Å². The van der Waals surface area contributed by atoms with Gasteiger partial charge in [-0.2, -0.15) is 5.26 Å². The van der Waals surface area contributed by atoms with Gasteiger partial charge in [0, 0.05) is 20.3 Å². The number of aliphatic imine (C=N–C) groups is 1. The van der Waals surface area contributed by atoms with E-state index < -0.39 is 0 Å². The van der Waals surface area contributed by atoms with Gasteiger partial charge in [-0.1, -0.05) is 22.4 Å². The normalized spacial score (nSPS) is 14.7. The molecule has 1 aliphatic rings. The topological polar surface area (TPSA) is 51.9 Å². The van der Waals surface area contributed by atoms with Crippen molar-refractivity contribution < 1.29 is 0 Å². The third-order valence-corrected chi connectivity index (χ3v) is 6.13. The molecule has 0 atom stereocenters. The molecule has 0 saturated carbocycles. The molecule has 1 N–H and O–H groups in total. The zero-order valence-electron chi connectivity index (χ0n) is 13.1. The Morgan fingerprint density at radius 1 is 1.21 bits per heavy atom. The molecular weight excluding hydrogens is 382 g/mol. The number of aromatic amines is 1. The van der Waals surface area contributed by atoms with Gasteiger partial charge in [0.15, 0.2) is 0 Å². The summed E-state index contributed by atoms with van der Waals surface area (Å²) >= 11 is 5.18. The maximum Gasteiger partial charge on any atom is 0.134 e. The molecule has 2 heterocycles. The van der Waals surface area contributed by atoms with Crippen LogP contribution in [0.15, 0.2) is 33.7 Å². The van der Waals surface area contributed by atoms with Gasteiger partial charge in [0.2, 0.25) is 0 Å². The summed E-state index contributed by atoms with van der Waals surface area (Å²) in [7, 11) is 0. The van der Waals surface area contributed by atoms with Crippen molar-refractivity contribution >= 4 is 49.4 Å². The number of H-pyrrole nitrogens is 1. The summed E-state index contributed by atoms with van der Waals surface area (Å²) in [6, 6.07) is 10.6. The lowest BCUT2D eigenvalue weighted by Gasteiger charge is -1.96. The number of hydrogen-bond donors (Lipinski definition) is 1. The molecule has 0 amide bonds. The van der Waals surface area contributed by atoms with Crippen LogP contribution in [0.3, 0.4) is 0 Å². The molecule has 0 unspecified atom stereocenters. The number of nitriles is 1. The second-order valence-corrected chi connectivity index (χ2v) is 8.07. The minimum atomic E-state index is 0.784. The van der Waals surface area contributed by atoms with E-state index in [2.05, 4.69) is 44.1 Å². The Bertz CT molecular complexity index is 975. The lowest BCUT2D eigenvalue weighted by Crippen LogP contribution is -1.87. The maximum atomic E-state index is 9.57. The fourth-order valence-electron chi connectivity index (χ4n) is 3.26. The Balaban J connectivity index is 1.69. The van der Waals surface area contributed by atoms with E-state index in [0.717, 1.165) is 44.5 Å². The standard InChI is InChI=1S/C19H16BrN3S/c20-13-6-7-17-12(8-13)9-14(23-17)11-22-19-16(10-21)15-4-2-1-3-5-18(15)24-19/h6-9,11,23H,1-5H2. The van der Waals surface area contributed by atoms with Crippen LogP contribution in [0.4, 0.5) is 5.00 Å². The van der Waals surface area contributed by atoms with Crippen molar-refractivity contribution in [1.29, 1.82) is 5.26 Å². The van der Waals surface area contributed by atoms with Gasteiger partial charge in [-0.15, -0.1) is 11.3 Å². The number of fused-ring (bicyclic) bond motifs is 2. The number of benzene rings is 1. The van der Waals surface area contributed by atoms with Crippen LogP contribution in [0.1, 0.15) is 41.0 Å². The van der Waals surface area contributed by atoms with E-state index in [9.17, 15) is 5.26 Å². The van der Waals surface area contributed by atoms with Crippen molar-refractivity contribution in [3.8, 4) is 6.07 Å². The van der Waals surface area contributed by atoms with Crippen molar-refractivity contribution in [2.75, 3.05) is 0 Å². The van der Waals surface area contributed by atoms with Crippen LogP contribution in [-0.4, -0.2) is 11.2 Å². The van der Waals surface area contributed by atoms with Crippen LogP contribution in [0.2, 0.25) is 0 Å². The van der Waals surface area contributed by atoms with Crippen LogP contribution in [-0.2, 0) is 12.8 Å². The average Bonchev–Trinajstić information content (AvgIpc) is 3.05. The summed E-state index contributed by atoms with van der Waals surface area (Å²) in [5, 5.41) is 11.6. The van der Waals surface area contributed by atoms with Crippen LogP contribution >= 0.6 is 27.3 Å². The average molecular weight is 398 g/mol. The van der Waals surface area contributed by atoms with Crippen molar-refractivity contribution in [3.05, 3.63) is 50.4 Å². The molecule has 3 aromatic rings. The predicted molar refractivity (Wildman–Crippen MR) is 104 cm³/mol. The SMILES string of the molecule is N#Cc1c(N=Cc2cc3cc(Br)ccc3[nH]2)sc2c1CCCCC2. The van der Waals surface area contributed by atoms with E-state index in [1.165, 1.54) is 29.7 Å². The lowest BCUT2D eigenvalue weighted by atomic mass is 10.1. The number of thiophene rings is 1. The summed E-state index contributed by atoms with van der Waals surface area (Å²) in [5.74, 6) is 0. The fraction of sp³-hybridized carbons (Fsp3) is 0.263. The number of nitrogens with one attached hydrogen (secondary N) is 1. The van der Waals surface area contributed by atoms with Gasteiger partial charge < -0.3 is 4.98 Å². The summed E-state index contributed by atoms with van der Waals surface area (Å²) in [4.78, 5) is 9.34. The Hall–Kier alpha value is -1.90. The van der Waals surface area contributed by atoms with Crippen LogP contribution in [0.25, 0.3) is 10.9 Å². The molecule has 1 aliphatic carbocycles. The van der Waals surface area contributed by atoms with Crippen molar-refractivity contribution in [3.63, 3.8) is 0 Å². The Morgan fingerprint density at radius 3 is 2.96 bits per heavy atom. The zero-order valence-corrected chi connectivity index (χ0v) is 15.5. The number of aromatic nitrogens is 1. The van der Waals surface area contributed by atoms with E-state index in [0.29, 0.717) is 0 Å². The summed E-state index contributed by atoms with van der Waals surface area (Å²) in [5.41, 5.74) is 4.07. The van der Waals surface area contributed by atoms with Gasteiger partial charge in [0.25, 0.3) is 0 Å². The molecule has 0 fully saturated rings. The van der Waals surface area contributed by atoms with Crippen LogP contribution < -0.4 is 0 Å². The van der Waals surface area contributed by atoms with E-state index in [-0.39, 0.29) is 0 Å². The second-order valence-electron chi connectivity index (χ2n) is 6.07. The smallest absolute Gasteiger partial charge is 0.134 e. The first-order valence-corrected chi connectivity index (χ1v) is 9.72. The monoisotopic (exact) mass is 397 g/mol. The number of rotatable bonds is 2. The molecule has 1 aromatic carbocycles. The first kappa shape index (κ1) is 15.6. The molecular formula is C19H16BrN3S. The molecule has 0 saturated heterocycles. The lowest BCUT2D eigenvalue weighted by molar-refractivity contribution is 0.712. The number of aryl methyl sites for hydroxylation is 1. The quantitative estimate of drug-likeness (QED) is 0.425. The Labute approximate surface area is 153 Å². The molecule has 0 bridgehead atoms. The van der Waals surface area contributed by atoms with Crippen molar-refractivity contribution in [2.45, 2.75) is 32.1 Å². The summed E-state index contributed by atoms with van der Waals surface area (Å²) < 4.78 is 1.06. The Kier molecular flexibility index (Phi) is 4.26. The van der Waals surface area contributed by atoms with Gasteiger partial charge in [-0.25, -0.2) is 4.99 Å². The summed E-state index contributed by atoms with van der Waals surface area (Å²) in [6.07, 6.45) is 7.60. The highest BCUT2D eigenvalue weighted by Gasteiger charge is 2.19. The van der Waals surface area contributed by atoms with Crippen LogP contribution in [0, 0.1) is 11.3 Å². The molecule has 24 heavy (non-hydrogen) atoms. The highest BCUT2D eigenvalue weighted by atomic mass is 79.9. The van der Waals surface area contributed by atoms with E-state index in [1.807, 2.05) is 18.3 Å². The molecule has 0 aliphatic heterocycles. The largest absolute Gasteiger partial charge is 0.354 e. The molecule has 120 valence electrons.